The maximum absolute atomic E-state index is 13.7. The Hall–Kier alpha value is -3.97. The number of carbonyl (C=O) groups excluding carboxylic acids is 2. The summed E-state index contributed by atoms with van der Waals surface area (Å²) in [5.41, 5.74) is 0.990. The number of aromatic nitrogens is 2. The van der Waals surface area contributed by atoms with Crippen LogP contribution in [-0.4, -0.2) is 27.0 Å². The van der Waals surface area contributed by atoms with Gasteiger partial charge in [0.2, 0.25) is 0 Å². The van der Waals surface area contributed by atoms with Gasteiger partial charge in [0.15, 0.2) is 11.4 Å². The Kier molecular flexibility index (Phi) is 5.40. The second-order valence-corrected chi connectivity index (χ2v) is 8.16. The van der Waals surface area contributed by atoms with E-state index in [0.29, 0.717) is 22.6 Å². The summed E-state index contributed by atoms with van der Waals surface area (Å²) in [6, 6.07) is 25.4. The lowest BCUT2D eigenvalue weighted by molar-refractivity contribution is -0.132. The first kappa shape index (κ1) is 20.9. The molecule has 4 aromatic rings. The summed E-state index contributed by atoms with van der Waals surface area (Å²) in [5, 5.41) is 7.35. The third-order valence-corrected chi connectivity index (χ3v) is 5.96. The van der Waals surface area contributed by atoms with E-state index in [2.05, 4.69) is 15.5 Å². The van der Waals surface area contributed by atoms with Gasteiger partial charge in [-0.25, -0.2) is 4.79 Å². The molecule has 1 unspecified atom stereocenters. The molecule has 0 bridgehead atoms. The van der Waals surface area contributed by atoms with E-state index in [9.17, 15) is 9.59 Å². The van der Waals surface area contributed by atoms with Gasteiger partial charge in [-0.15, -0.1) is 0 Å². The number of hydrogen-bond acceptors (Lipinski definition) is 5. The van der Waals surface area contributed by atoms with Crippen molar-refractivity contribution in [1.82, 2.24) is 20.4 Å². The van der Waals surface area contributed by atoms with Gasteiger partial charge in [-0.3, -0.25) is 9.69 Å². The summed E-state index contributed by atoms with van der Waals surface area (Å²) < 4.78 is 5.33. The van der Waals surface area contributed by atoms with Gasteiger partial charge in [0, 0.05) is 6.42 Å². The summed E-state index contributed by atoms with van der Waals surface area (Å²) >= 11 is 6.21. The third kappa shape index (κ3) is 3.87. The normalized spacial score (nSPS) is 17.9. The lowest BCUT2D eigenvalue weighted by Crippen LogP contribution is -2.46. The molecule has 1 aromatic heterocycles. The third-order valence-electron chi connectivity index (χ3n) is 5.63. The van der Waals surface area contributed by atoms with Crippen molar-refractivity contribution in [1.29, 1.82) is 0 Å². The molecule has 0 radical (unpaired) electrons. The monoisotopic (exact) mass is 458 g/mol. The Morgan fingerprint density at radius 3 is 2.30 bits per heavy atom. The number of imide groups is 1. The number of amides is 3. The quantitative estimate of drug-likeness (QED) is 0.427. The number of benzene rings is 3. The summed E-state index contributed by atoms with van der Waals surface area (Å²) in [6.45, 7) is -0.123. The van der Waals surface area contributed by atoms with E-state index in [4.69, 9.17) is 16.1 Å². The van der Waals surface area contributed by atoms with Gasteiger partial charge >= 0.3 is 6.03 Å². The first-order valence-electron chi connectivity index (χ1n) is 10.4. The highest BCUT2D eigenvalue weighted by atomic mass is 35.5. The molecule has 0 saturated carbocycles. The van der Waals surface area contributed by atoms with E-state index < -0.39 is 11.6 Å². The number of nitrogens with zero attached hydrogens (tertiary/aromatic N) is 3. The Balaban J connectivity index is 1.46. The Labute approximate surface area is 195 Å². The Morgan fingerprint density at radius 1 is 0.909 bits per heavy atom. The first-order valence-corrected chi connectivity index (χ1v) is 10.8. The highest BCUT2D eigenvalue weighted by molar-refractivity contribution is 6.33. The van der Waals surface area contributed by atoms with Crippen LogP contribution in [0, 0.1) is 0 Å². The number of halogens is 1. The van der Waals surface area contributed by atoms with Gasteiger partial charge in [-0.2, -0.15) is 4.98 Å². The average molecular weight is 459 g/mol. The van der Waals surface area contributed by atoms with Crippen molar-refractivity contribution in [2.45, 2.75) is 18.5 Å². The molecule has 2 heterocycles. The zero-order valence-corrected chi connectivity index (χ0v) is 18.2. The molecular formula is C25H19ClN4O3. The second-order valence-electron chi connectivity index (χ2n) is 7.75. The fourth-order valence-corrected chi connectivity index (χ4v) is 4.23. The molecule has 8 heteroatoms. The molecule has 1 fully saturated rings. The molecule has 1 aliphatic rings. The molecule has 1 aliphatic heterocycles. The lowest BCUT2D eigenvalue weighted by atomic mass is 9.83. The fourth-order valence-electron chi connectivity index (χ4n) is 4.02. The smallest absolute Gasteiger partial charge is 0.325 e. The van der Waals surface area contributed by atoms with Crippen LogP contribution in [0.15, 0.2) is 89.5 Å². The van der Waals surface area contributed by atoms with E-state index in [1.165, 1.54) is 0 Å². The van der Waals surface area contributed by atoms with Crippen LogP contribution in [0.1, 0.15) is 17.0 Å². The van der Waals surface area contributed by atoms with Gasteiger partial charge in [-0.05, 0) is 23.3 Å². The predicted molar refractivity (Wildman–Crippen MR) is 122 cm³/mol. The summed E-state index contributed by atoms with van der Waals surface area (Å²) in [5.74, 6) is 0.0601. The van der Waals surface area contributed by atoms with Crippen LogP contribution < -0.4 is 5.32 Å². The molecule has 0 spiro atoms. The topological polar surface area (TPSA) is 88.3 Å². The van der Waals surface area contributed by atoms with E-state index in [1.807, 2.05) is 60.7 Å². The fraction of sp³-hybridized carbons (Fsp3) is 0.120. The minimum absolute atomic E-state index is 0.123. The van der Waals surface area contributed by atoms with Gasteiger partial charge < -0.3 is 9.84 Å². The molecule has 5 rings (SSSR count). The van der Waals surface area contributed by atoms with Crippen LogP contribution in [-0.2, 0) is 23.3 Å². The maximum atomic E-state index is 13.7. The van der Waals surface area contributed by atoms with Crippen molar-refractivity contribution in [3.8, 4) is 11.5 Å². The van der Waals surface area contributed by atoms with E-state index in [-0.39, 0.29) is 24.2 Å². The highest BCUT2D eigenvalue weighted by Crippen LogP contribution is 2.34. The first-order chi connectivity index (χ1) is 16.1. The van der Waals surface area contributed by atoms with Crippen LogP contribution in [0.2, 0.25) is 5.02 Å². The largest absolute Gasteiger partial charge is 0.334 e. The molecular weight excluding hydrogens is 440 g/mol. The molecule has 1 saturated heterocycles. The summed E-state index contributed by atoms with van der Waals surface area (Å²) in [4.78, 5) is 32.2. The molecule has 3 aromatic carbocycles. The van der Waals surface area contributed by atoms with E-state index in [0.717, 1.165) is 10.5 Å². The molecule has 7 nitrogen and oxygen atoms in total. The molecule has 1 atom stereocenters. The van der Waals surface area contributed by atoms with Crippen LogP contribution in [0.5, 0.6) is 0 Å². The van der Waals surface area contributed by atoms with Gasteiger partial charge in [0.05, 0.1) is 17.1 Å². The van der Waals surface area contributed by atoms with Gasteiger partial charge in [-0.1, -0.05) is 89.6 Å². The van der Waals surface area contributed by atoms with Crippen molar-refractivity contribution in [2.24, 2.45) is 0 Å². The predicted octanol–water partition coefficient (Wildman–Crippen LogP) is 4.58. The van der Waals surface area contributed by atoms with Crippen LogP contribution in [0.25, 0.3) is 11.5 Å². The number of rotatable bonds is 6. The highest BCUT2D eigenvalue weighted by Gasteiger charge is 2.52. The second kappa shape index (κ2) is 8.52. The molecule has 33 heavy (non-hydrogen) atoms. The van der Waals surface area contributed by atoms with Crippen molar-refractivity contribution >= 4 is 23.5 Å². The number of nitrogens with one attached hydrogen (secondary N) is 1. The molecule has 0 aliphatic carbocycles. The van der Waals surface area contributed by atoms with E-state index >= 15 is 0 Å². The zero-order valence-electron chi connectivity index (χ0n) is 17.4. The summed E-state index contributed by atoms with van der Waals surface area (Å²) in [6.07, 6.45) is 0.316. The van der Waals surface area contributed by atoms with Gasteiger partial charge in [0.1, 0.15) is 0 Å². The minimum atomic E-state index is -1.23. The lowest BCUT2D eigenvalue weighted by Gasteiger charge is -2.27. The standard InChI is InChI=1S/C25H19ClN4O3/c26-20-14-8-7-13-19(20)22-27-21(29-33-22)16-30-23(31)25(28-24(30)32,18-11-5-2-6-12-18)15-17-9-3-1-4-10-17/h1-14H,15-16H2,(H,28,32). The zero-order chi connectivity index (χ0) is 22.8. The number of carbonyl (C=O) groups is 2. The number of urea groups is 1. The molecule has 1 N–H and O–H groups in total. The van der Waals surface area contributed by atoms with Crippen molar-refractivity contribution < 1.29 is 14.1 Å². The van der Waals surface area contributed by atoms with Crippen LogP contribution in [0.4, 0.5) is 4.79 Å². The Morgan fingerprint density at radius 2 is 1.58 bits per heavy atom. The summed E-state index contributed by atoms with van der Waals surface area (Å²) in [7, 11) is 0. The van der Waals surface area contributed by atoms with Crippen molar-refractivity contribution in [3.05, 3.63) is 107 Å². The molecule has 3 amide bonds. The van der Waals surface area contributed by atoms with Gasteiger partial charge in [0.25, 0.3) is 11.8 Å². The SMILES string of the molecule is O=C1NC(Cc2ccccc2)(c2ccccc2)C(=O)N1Cc1noc(-c2ccccc2Cl)n1. The van der Waals surface area contributed by atoms with Crippen molar-refractivity contribution in [3.63, 3.8) is 0 Å². The van der Waals surface area contributed by atoms with Crippen LogP contribution in [0.3, 0.4) is 0 Å². The average Bonchev–Trinajstić information content (AvgIpc) is 3.40. The Bertz CT molecular complexity index is 1310. The number of hydrogen-bond donors (Lipinski definition) is 1. The van der Waals surface area contributed by atoms with E-state index in [1.54, 1.807) is 24.3 Å². The minimum Gasteiger partial charge on any atom is -0.334 e. The van der Waals surface area contributed by atoms with Crippen molar-refractivity contribution in [2.75, 3.05) is 0 Å². The molecule has 164 valence electrons. The maximum Gasteiger partial charge on any atom is 0.325 e. The van der Waals surface area contributed by atoms with Crippen LogP contribution >= 0.6 is 11.6 Å².